The van der Waals surface area contributed by atoms with Crippen molar-refractivity contribution in [1.29, 1.82) is 0 Å². The minimum absolute atomic E-state index is 0.292. The maximum atomic E-state index is 12.7. The van der Waals surface area contributed by atoms with Crippen LogP contribution >= 0.6 is 11.3 Å². The molecule has 0 atom stereocenters. The van der Waals surface area contributed by atoms with E-state index in [1.807, 2.05) is 25.1 Å². The van der Waals surface area contributed by atoms with Gasteiger partial charge in [-0.15, -0.1) is 21.5 Å². The van der Waals surface area contributed by atoms with Gasteiger partial charge in [0.05, 0.1) is 16.1 Å². The Balaban J connectivity index is 1.48. The van der Waals surface area contributed by atoms with Crippen LogP contribution in [0.4, 0.5) is 13.2 Å². The molecule has 0 amide bonds. The summed E-state index contributed by atoms with van der Waals surface area (Å²) in [6, 6.07) is 12.3. The molecule has 10 heteroatoms. The van der Waals surface area contributed by atoms with Crippen molar-refractivity contribution in [3.8, 4) is 27.7 Å². The van der Waals surface area contributed by atoms with Crippen molar-refractivity contribution in [2.75, 3.05) is 0 Å². The first-order valence-corrected chi connectivity index (χ1v) is 9.32. The van der Waals surface area contributed by atoms with Crippen LogP contribution in [-0.4, -0.2) is 25.6 Å². The summed E-state index contributed by atoms with van der Waals surface area (Å²) >= 11 is 1.39. The van der Waals surface area contributed by atoms with Gasteiger partial charge in [0.15, 0.2) is 0 Å². The molecule has 4 aromatic rings. The number of nitrogens with one attached hydrogen (secondary N) is 1. The second-order valence-electron chi connectivity index (χ2n) is 6.15. The van der Waals surface area contributed by atoms with Crippen LogP contribution in [0.15, 0.2) is 48.5 Å². The Kier molecular flexibility index (Phi) is 5.01. The van der Waals surface area contributed by atoms with E-state index in [-0.39, 0.29) is 0 Å². The Bertz CT molecular complexity index is 1110. The van der Waals surface area contributed by atoms with Crippen molar-refractivity contribution in [1.82, 2.24) is 25.6 Å². The standard InChI is InChI=1S/C19H14F3N5OS/c1-11-16(10-28-15-4-2-3-13(9-15)17-24-26-27-25-17)29-18(23-11)12-5-7-14(8-6-12)19(20,21)22/h2-9H,10H2,1H3,(H,24,25,26,27). The third-order valence-corrected chi connectivity index (χ3v) is 5.34. The van der Waals surface area contributed by atoms with Crippen molar-refractivity contribution < 1.29 is 17.9 Å². The highest BCUT2D eigenvalue weighted by atomic mass is 32.1. The Morgan fingerprint density at radius 1 is 1.07 bits per heavy atom. The van der Waals surface area contributed by atoms with Crippen molar-refractivity contribution in [3.63, 3.8) is 0 Å². The molecule has 0 aliphatic carbocycles. The number of benzene rings is 2. The van der Waals surface area contributed by atoms with Crippen molar-refractivity contribution >= 4 is 11.3 Å². The summed E-state index contributed by atoms with van der Waals surface area (Å²) in [6.45, 7) is 2.14. The van der Waals surface area contributed by atoms with E-state index in [0.29, 0.717) is 28.8 Å². The van der Waals surface area contributed by atoms with E-state index in [0.717, 1.165) is 28.3 Å². The van der Waals surface area contributed by atoms with Crippen molar-refractivity contribution in [2.45, 2.75) is 19.7 Å². The molecule has 2 heterocycles. The number of rotatable bonds is 5. The molecule has 0 saturated carbocycles. The van der Waals surface area contributed by atoms with Crippen molar-refractivity contribution in [2.24, 2.45) is 0 Å². The van der Waals surface area contributed by atoms with E-state index in [1.54, 1.807) is 6.07 Å². The number of aromatic nitrogens is 5. The fourth-order valence-electron chi connectivity index (χ4n) is 2.65. The average molecular weight is 417 g/mol. The molecule has 0 fully saturated rings. The molecule has 29 heavy (non-hydrogen) atoms. The van der Waals surface area contributed by atoms with Crippen LogP contribution in [0.2, 0.25) is 0 Å². The van der Waals surface area contributed by atoms with Gasteiger partial charge in [-0.1, -0.05) is 24.3 Å². The number of aryl methyl sites for hydroxylation is 1. The van der Waals surface area contributed by atoms with Crippen LogP contribution in [0, 0.1) is 6.92 Å². The lowest BCUT2D eigenvalue weighted by atomic mass is 10.1. The Morgan fingerprint density at radius 3 is 2.55 bits per heavy atom. The van der Waals surface area contributed by atoms with E-state index in [9.17, 15) is 13.2 Å². The van der Waals surface area contributed by atoms with Crippen LogP contribution in [-0.2, 0) is 12.8 Å². The Morgan fingerprint density at radius 2 is 1.86 bits per heavy atom. The summed E-state index contributed by atoms with van der Waals surface area (Å²) in [5.41, 5.74) is 1.50. The highest BCUT2D eigenvalue weighted by Gasteiger charge is 2.30. The number of alkyl halides is 3. The third-order valence-electron chi connectivity index (χ3n) is 4.16. The molecule has 148 valence electrons. The number of nitrogens with zero attached hydrogens (tertiary/aromatic N) is 4. The lowest BCUT2D eigenvalue weighted by Gasteiger charge is -2.06. The number of thiazole rings is 1. The molecule has 0 aliphatic rings. The highest BCUT2D eigenvalue weighted by Crippen LogP contribution is 2.33. The molecule has 6 nitrogen and oxygen atoms in total. The normalized spacial score (nSPS) is 11.6. The summed E-state index contributed by atoms with van der Waals surface area (Å²) < 4.78 is 44.0. The van der Waals surface area contributed by atoms with Crippen LogP contribution in [0.3, 0.4) is 0 Å². The number of aromatic amines is 1. The second kappa shape index (κ2) is 7.63. The average Bonchev–Trinajstić information content (AvgIpc) is 3.36. The third kappa shape index (κ3) is 4.27. The summed E-state index contributed by atoms with van der Waals surface area (Å²) in [4.78, 5) is 5.36. The van der Waals surface area contributed by atoms with Crippen LogP contribution in [0.5, 0.6) is 5.75 Å². The molecule has 0 aliphatic heterocycles. The van der Waals surface area contributed by atoms with E-state index >= 15 is 0 Å². The first-order valence-electron chi connectivity index (χ1n) is 8.51. The predicted molar refractivity (Wildman–Crippen MR) is 101 cm³/mol. The lowest BCUT2D eigenvalue weighted by Crippen LogP contribution is -2.03. The van der Waals surface area contributed by atoms with E-state index < -0.39 is 11.7 Å². The van der Waals surface area contributed by atoms with E-state index in [2.05, 4.69) is 25.6 Å². The number of H-pyrrole nitrogens is 1. The first kappa shape index (κ1) is 19.1. The van der Waals surface area contributed by atoms with E-state index in [1.165, 1.54) is 23.5 Å². The Hall–Kier alpha value is -3.27. The van der Waals surface area contributed by atoms with Gasteiger partial charge < -0.3 is 4.74 Å². The SMILES string of the molecule is Cc1nc(-c2ccc(C(F)(F)F)cc2)sc1COc1cccc(-c2nn[nH]n2)c1. The Labute approximate surface area is 167 Å². The zero-order valence-electron chi connectivity index (χ0n) is 15.1. The molecular weight excluding hydrogens is 403 g/mol. The molecule has 2 aromatic carbocycles. The fraction of sp³-hybridized carbons (Fsp3) is 0.158. The van der Waals surface area contributed by atoms with Crippen molar-refractivity contribution in [3.05, 3.63) is 64.7 Å². The summed E-state index contributed by atoms with van der Waals surface area (Å²) in [5, 5.41) is 14.5. The summed E-state index contributed by atoms with van der Waals surface area (Å²) in [6.07, 6.45) is -4.35. The summed E-state index contributed by atoms with van der Waals surface area (Å²) in [7, 11) is 0. The zero-order valence-corrected chi connectivity index (χ0v) is 15.9. The number of tetrazole rings is 1. The number of hydrogen-bond donors (Lipinski definition) is 1. The van der Waals surface area contributed by atoms with Gasteiger partial charge in [0.25, 0.3) is 0 Å². The molecule has 2 aromatic heterocycles. The maximum Gasteiger partial charge on any atom is 0.416 e. The fourth-order valence-corrected chi connectivity index (χ4v) is 3.63. The summed E-state index contributed by atoms with van der Waals surface area (Å²) in [5.74, 6) is 1.10. The van der Waals surface area contributed by atoms with Gasteiger partial charge in [0, 0.05) is 11.1 Å². The minimum Gasteiger partial charge on any atom is -0.488 e. The number of hydrogen-bond acceptors (Lipinski definition) is 6. The van der Waals surface area contributed by atoms with Gasteiger partial charge in [-0.05, 0) is 36.4 Å². The maximum absolute atomic E-state index is 12.7. The minimum atomic E-state index is -4.35. The smallest absolute Gasteiger partial charge is 0.416 e. The number of ether oxygens (including phenoxy) is 1. The predicted octanol–water partition coefficient (Wildman–Crippen LogP) is 4.90. The van der Waals surface area contributed by atoms with Gasteiger partial charge in [-0.3, -0.25) is 0 Å². The highest BCUT2D eigenvalue weighted by molar-refractivity contribution is 7.15. The van der Waals surface area contributed by atoms with Gasteiger partial charge in [0.1, 0.15) is 17.4 Å². The molecule has 1 N–H and O–H groups in total. The van der Waals surface area contributed by atoms with Gasteiger partial charge in [-0.2, -0.15) is 18.4 Å². The lowest BCUT2D eigenvalue weighted by molar-refractivity contribution is -0.137. The van der Waals surface area contributed by atoms with Crippen LogP contribution in [0.1, 0.15) is 16.1 Å². The zero-order chi connectivity index (χ0) is 20.4. The van der Waals surface area contributed by atoms with E-state index in [4.69, 9.17) is 4.74 Å². The molecule has 0 bridgehead atoms. The molecular formula is C19H14F3N5OS. The monoisotopic (exact) mass is 417 g/mol. The van der Waals surface area contributed by atoms with Crippen LogP contribution in [0.25, 0.3) is 22.0 Å². The van der Waals surface area contributed by atoms with Gasteiger partial charge in [0.2, 0.25) is 5.82 Å². The quantitative estimate of drug-likeness (QED) is 0.500. The van der Waals surface area contributed by atoms with Crippen LogP contribution < -0.4 is 4.74 Å². The second-order valence-corrected chi connectivity index (χ2v) is 7.24. The topological polar surface area (TPSA) is 76.6 Å². The largest absolute Gasteiger partial charge is 0.488 e. The molecule has 0 saturated heterocycles. The molecule has 0 spiro atoms. The molecule has 0 unspecified atom stereocenters. The molecule has 0 radical (unpaired) electrons. The molecule has 4 rings (SSSR count). The number of halogens is 3. The van der Waals surface area contributed by atoms with Gasteiger partial charge in [-0.25, -0.2) is 4.98 Å². The first-order chi connectivity index (χ1) is 13.9. The van der Waals surface area contributed by atoms with Gasteiger partial charge >= 0.3 is 6.18 Å².